The number of fused-ring (bicyclic) bond motifs is 2. The van der Waals surface area contributed by atoms with Crippen LogP contribution in [-0.2, 0) is 30.4 Å². The van der Waals surface area contributed by atoms with Gasteiger partial charge in [0.05, 0.1) is 15.5 Å². The highest BCUT2D eigenvalue weighted by atomic mass is 35.5. The number of anilines is 2. The molecule has 0 radical (unpaired) electrons. The molecule has 0 spiro atoms. The van der Waals surface area contributed by atoms with Gasteiger partial charge < -0.3 is 24.1 Å². The van der Waals surface area contributed by atoms with Crippen molar-refractivity contribution in [2.24, 2.45) is 10.2 Å². The monoisotopic (exact) mass is 762 g/mol. The van der Waals surface area contributed by atoms with Crippen molar-refractivity contribution in [3.8, 4) is 5.75 Å². The molecule has 24 heteroatoms. The number of phenols is 1. The van der Waals surface area contributed by atoms with Crippen LogP contribution in [0.15, 0.2) is 78.3 Å². The summed E-state index contributed by atoms with van der Waals surface area (Å²) in [6.45, 7) is 1.44. The van der Waals surface area contributed by atoms with Gasteiger partial charge in [0.25, 0.3) is 30.4 Å². The van der Waals surface area contributed by atoms with Crippen LogP contribution < -0.4 is 5.32 Å². The van der Waals surface area contributed by atoms with E-state index in [9.17, 15) is 57.7 Å². The van der Waals surface area contributed by atoms with Crippen molar-refractivity contribution in [2.45, 2.75) is 26.5 Å². The van der Waals surface area contributed by atoms with Crippen molar-refractivity contribution < 1.29 is 57.7 Å². The van der Waals surface area contributed by atoms with Crippen molar-refractivity contribution in [1.29, 1.82) is 0 Å². The van der Waals surface area contributed by atoms with E-state index in [0.717, 1.165) is 48.5 Å². The molecule has 4 aromatic carbocycles. The fourth-order valence-electron chi connectivity index (χ4n) is 4.61. The Morgan fingerprint density at radius 3 is 2.02 bits per heavy atom. The minimum Gasteiger partial charge on any atom is -0.505 e. The second-order valence-electron chi connectivity index (χ2n) is 9.65. The van der Waals surface area contributed by atoms with E-state index in [1.54, 1.807) is 0 Å². The van der Waals surface area contributed by atoms with Gasteiger partial charge in [-0.3, -0.25) is 13.7 Å². The van der Waals surface area contributed by atoms with Crippen molar-refractivity contribution in [3.05, 3.63) is 59.6 Å². The molecular weight excluding hydrogens is 744 g/mol. The second kappa shape index (κ2) is 12.1. The predicted octanol–water partition coefficient (Wildman–Crippen LogP) is 5.33. The molecule has 254 valence electrons. The van der Waals surface area contributed by atoms with Crippen molar-refractivity contribution in [3.63, 3.8) is 0 Å². The summed E-state index contributed by atoms with van der Waals surface area (Å²) in [5.74, 6) is -1.20. The van der Waals surface area contributed by atoms with Crippen LogP contribution in [0.4, 0.5) is 23.0 Å². The summed E-state index contributed by atoms with van der Waals surface area (Å²) in [6.07, 6.45) is 0. The number of aryl methyl sites for hydroxylation is 1. The van der Waals surface area contributed by atoms with Crippen LogP contribution in [0.2, 0.25) is 5.28 Å². The van der Waals surface area contributed by atoms with Crippen molar-refractivity contribution >= 4 is 97.4 Å². The third-order valence-corrected chi connectivity index (χ3v) is 10.2. The summed E-state index contributed by atoms with van der Waals surface area (Å²) in [5, 5.41) is 19.6. The number of azo groups is 1. The van der Waals surface area contributed by atoms with Crippen LogP contribution >= 0.6 is 22.5 Å². The van der Waals surface area contributed by atoms with E-state index in [4.69, 9.17) is 11.6 Å². The second-order valence-corrected chi connectivity index (χ2v) is 15.6. The number of phenolic OH excluding ortho intramolecular Hbond substituents is 1. The molecule has 19 nitrogen and oxygen atoms in total. The first-order valence-corrected chi connectivity index (χ1v) is 18.7. The lowest BCUT2D eigenvalue weighted by Gasteiger charge is -2.23. The average molecular weight is 763 g/mol. The third-order valence-electron chi connectivity index (χ3n) is 6.43. The van der Waals surface area contributed by atoms with Crippen LogP contribution in [-0.4, -0.2) is 72.6 Å². The van der Waals surface area contributed by atoms with Crippen molar-refractivity contribution in [2.75, 3.05) is 5.32 Å². The Bertz CT molecular complexity index is 2520. The molecule has 5 rings (SSSR count). The Labute approximate surface area is 276 Å². The van der Waals surface area contributed by atoms with Crippen molar-refractivity contribution in [1.82, 2.24) is 15.0 Å². The zero-order valence-corrected chi connectivity index (χ0v) is 27.5. The summed E-state index contributed by atoms with van der Waals surface area (Å²) in [4.78, 5) is 8.16. The summed E-state index contributed by atoms with van der Waals surface area (Å²) >= 11 is 5.88. The maximum absolute atomic E-state index is 12.5. The maximum atomic E-state index is 12.5. The summed E-state index contributed by atoms with van der Waals surface area (Å²) in [6, 6.07) is 7.38. The zero-order chi connectivity index (χ0) is 35.6. The summed E-state index contributed by atoms with van der Waals surface area (Å²) in [5.41, 5.74) is -1.95. The number of hydrogen-bond acceptors (Lipinski definition) is 16. The Balaban J connectivity index is 1.82. The van der Waals surface area contributed by atoms with Gasteiger partial charge in [0, 0.05) is 16.2 Å². The molecule has 1 aromatic heterocycles. The lowest BCUT2D eigenvalue weighted by atomic mass is 10.1. The molecule has 5 aromatic rings. The first-order valence-electron chi connectivity index (χ1n) is 12.5. The van der Waals surface area contributed by atoms with Gasteiger partial charge in [-0.25, -0.2) is 4.98 Å². The van der Waals surface area contributed by atoms with Gasteiger partial charge in [0.2, 0.25) is 11.2 Å². The Hall–Kier alpha value is -4.14. The number of rotatable bonds is 8. The van der Waals surface area contributed by atoms with E-state index in [2.05, 4.69) is 30.5 Å². The minimum absolute atomic E-state index is 0.108. The third kappa shape index (κ3) is 7.01. The van der Waals surface area contributed by atoms with Gasteiger partial charge in [0.15, 0.2) is 5.75 Å². The highest BCUT2D eigenvalue weighted by Gasteiger charge is 2.29. The van der Waals surface area contributed by atoms with E-state index in [1.165, 1.54) is 6.92 Å². The van der Waals surface area contributed by atoms with Crippen LogP contribution in [0.3, 0.4) is 0 Å². The quantitative estimate of drug-likeness (QED) is 0.0731. The molecule has 1 heterocycles. The molecule has 0 aliphatic rings. The average Bonchev–Trinajstić information content (AvgIpc) is 2.93. The molecule has 8 N–H and O–H groups in total. The largest absolute Gasteiger partial charge is 0.505 e. The number of nitrogens with zero attached hydrogens (tertiary/aromatic N) is 5. The minimum atomic E-state index is -5.23. The number of nitrogens with one attached hydrogen (secondary N) is 1. The predicted molar refractivity (Wildman–Crippen MR) is 170 cm³/mol. The van der Waals surface area contributed by atoms with Gasteiger partial charge in [-0.05, 0) is 54.2 Å². The van der Waals surface area contributed by atoms with Gasteiger partial charge >= 0.3 is 0 Å². The van der Waals surface area contributed by atoms with Gasteiger partial charge in [-0.1, -0.05) is 18.2 Å². The first-order chi connectivity index (χ1) is 22.1. The SMILES string of the molecule is Cc1nc(Cl)nc(Nc2cc(S(=O)(=O)O)cc3cc(S(O)(O)O)c(N=Nc4ccc5c(S(=O)(=O)O)cccc5c4S(=O)(=O)O)c(O)c23)n1. The molecule has 0 amide bonds. The number of halogens is 1. The highest BCUT2D eigenvalue weighted by molar-refractivity contribution is 8.19. The maximum Gasteiger partial charge on any atom is 0.297 e. The molecule has 0 saturated carbocycles. The van der Waals surface area contributed by atoms with Gasteiger partial charge in [-0.2, -0.15) is 35.2 Å². The summed E-state index contributed by atoms with van der Waals surface area (Å²) in [7, 11) is -19.9. The molecule has 0 aliphatic heterocycles. The normalized spacial score (nSPS) is 13.4. The molecular formula is C24H19ClN6O13S4. The molecule has 0 unspecified atom stereocenters. The fourth-order valence-corrected chi connectivity index (χ4v) is 7.57. The van der Waals surface area contributed by atoms with E-state index >= 15 is 0 Å². The Morgan fingerprint density at radius 1 is 0.750 bits per heavy atom. The number of aromatic hydroxyl groups is 1. The van der Waals surface area contributed by atoms with Gasteiger partial charge in [0.1, 0.15) is 37.9 Å². The van der Waals surface area contributed by atoms with Gasteiger partial charge in [-0.15, -0.1) is 10.2 Å². The number of hydrogen-bond donors (Lipinski definition) is 8. The zero-order valence-electron chi connectivity index (χ0n) is 23.4. The van der Waals surface area contributed by atoms with Crippen LogP contribution in [0.1, 0.15) is 5.82 Å². The highest BCUT2D eigenvalue weighted by Crippen LogP contribution is 2.55. The number of benzene rings is 4. The van der Waals surface area contributed by atoms with Crippen LogP contribution in [0.25, 0.3) is 21.5 Å². The summed E-state index contributed by atoms with van der Waals surface area (Å²) < 4.78 is 133. The van der Waals surface area contributed by atoms with E-state index in [0.29, 0.717) is 0 Å². The number of aromatic nitrogens is 3. The standard InChI is InChI=1S/C24H19ClN6O13S4/c1-10-26-23(25)29-24(27-10)28-16-9-12(45(33,34)35)7-11-8-18(47(39,40)41)20(21(32)19(11)16)31-30-15-6-5-13-14(22(15)48(42,43)44)3-2-4-17(13)46(36,37)38/h2-9,32,39-41H,1H3,(H,33,34,35)(H,36,37,38)(H,42,43,44)(H,26,27,28,29). The molecule has 0 bridgehead atoms. The molecule has 0 aliphatic carbocycles. The molecule has 0 fully saturated rings. The van der Waals surface area contributed by atoms with Crippen LogP contribution in [0.5, 0.6) is 5.75 Å². The van der Waals surface area contributed by atoms with E-state index < -0.39 is 83.3 Å². The molecule has 48 heavy (non-hydrogen) atoms. The Kier molecular flexibility index (Phi) is 8.85. The topological polar surface area (TPSA) is 319 Å². The fraction of sp³-hybridized carbons (Fsp3) is 0.0417. The van der Waals surface area contributed by atoms with E-state index in [-0.39, 0.29) is 38.9 Å². The smallest absolute Gasteiger partial charge is 0.297 e. The molecule has 0 saturated heterocycles. The lowest BCUT2D eigenvalue weighted by Crippen LogP contribution is -2.05. The van der Waals surface area contributed by atoms with E-state index in [1.807, 2.05) is 0 Å². The first kappa shape index (κ1) is 35.2. The Morgan fingerprint density at radius 2 is 1.44 bits per heavy atom. The lowest BCUT2D eigenvalue weighted by molar-refractivity contribution is 0.375. The van der Waals surface area contributed by atoms with Crippen LogP contribution in [0, 0.1) is 6.92 Å². The molecule has 0 atom stereocenters.